The Morgan fingerprint density at radius 1 is 0.966 bits per heavy atom. The van der Waals surface area contributed by atoms with Crippen LogP contribution in [0.3, 0.4) is 0 Å². The monoisotopic (exact) mass is 388 g/mol. The van der Waals surface area contributed by atoms with E-state index >= 15 is 0 Å². The van der Waals surface area contributed by atoms with E-state index in [1.165, 1.54) is 29.5 Å². The van der Waals surface area contributed by atoms with Crippen molar-refractivity contribution in [3.05, 3.63) is 58.7 Å². The first-order valence-corrected chi connectivity index (χ1v) is 10.2. The van der Waals surface area contributed by atoms with Crippen LogP contribution < -0.4 is 9.47 Å². The van der Waals surface area contributed by atoms with Crippen LogP contribution in [0.15, 0.2) is 36.4 Å². The zero-order valence-electron chi connectivity index (χ0n) is 17.9. The molecular weight excluding hydrogens is 360 g/mol. The topological polar surface area (TPSA) is 35.5 Å². The molecule has 0 saturated heterocycles. The van der Waals surface area contributed by atoms with Crippen LogP contribution in [0.2, 0.25) is 0 Å². The molecule has 29 heavy (non-hydrogen) atoms. The maximum absolute atomic E-state index is 11.5. The first-order valence-electron chi connectivity index (χ1n) is 10.2. The number of rotatable bonds is 2. The molecule has 1 heterocycles. The molecule has 0 spiro atoms. The van der Waals surface area contributed by atoms with Gasteiger partial charge in [-0.15, -0.1) is 6.42 Å². The van der Waals surface area contributed by atoms with Gasteiger partial charge in [0.1, 0.15) is 18.1 Å². The second-order valence-corrected chi connectivity index (χ2v) is 9.84. The molecule has 1 atom stereocenters. The Balaban J connectivity index is 1.81. The van der Waals surface area contributed by atoms with Gasteiger partial charge in [0.2, 0.25) is 0 Å². The van der Waals surface area contributed by atoms with Crippen LogP contribution in [0.1, 0.15) is 69.7 Å². The fraction of sp³-hybridized carbons (Fsp3) is 0.423. The van der Waals surface area contributed by atoms with Crippen LogP contribution in [0, 0.1) is 12.3 Å². The molecule has 1 aliphatic heterocycles. The fourth-order valence-electron chi connectivity index (χ4n) is 4.74. The lowest BCUT2D eigenvalue weighted by Crippen LogP contribution is -2.35. The van der Waals surface area contributed by atoms with Gasteiger partial charge in [0, 0.05) is 11.5 Å². The van der Waals surface area contributed by atoms with Crippen molar-refractivity contribution < 1.29 is 14.3 Å². The largest absolute Gasteiger partial charge is 0.492 e. The van der Waals surface area contributed by atoms with Crippen molar-refractivity contribution in [2.45, 2.75) is 63.7 Å². The Labute approximate surface area is 173 Å². The summed E-state index contributed by atoms with van der Waals surface area (Å²) in [4.78, 5) is 11.5. The van der Waals surface area contributed by atoms with Gasteiger partial charge in [-0.2, -0.15) is 0 Å². The zero-order valence-corrected chi connectivity index (χ0v) is 17.9. The van der Waals surface area contributed by atoms with Gasteiger partial charge in [0.25, 0.3) is 0 Å². The van der Waals surface area contributed by atoms with E-state index in [0.717, 1.165) is 11.3 Å². The molecule has 0 N–H and O–H groups in total. The Bertz CT molecular complexity index is 1040. The first-order chi connectivity index (χ1) is 13.6. The van der Waals surface area contributed by atoms with Crippen LogP contribution in [-0.4, -0.2) is 12.6 Å². The molecule has 0 fully saturated rings. The molecule has 150 valence electrons. The normalized spacial score (nSPS) is 23.3. The number of esters is 1. The van der Waals surface area contributed by atoms with E-state index in [-0.39, 0.29) is 16.2 Å². The van der Waals surface area contributed by atoms with E-state index in [9.17, 15) is 4.79 Å². The smallest absolute Gasteiger partial charge is 0.389 e. The molecule has 2 aromatic carbocycles. The maximum Gasteiger partial charge on any atom is 0.389 e. The van der Waals surface area contributed by atoms with Crippen LogP contribution in [0.25, 0.3) is 0 Å². The molecule has 4 rings (SSSR count). The van der Waals surface area contributed by atoms with Crippen molar-refractivity contribution in [1.82, 2.24) is 0 Å². The van der Waals surface area contributed by atoms with E-state index in [1.807, 2.05) is 18.1 Å². The molecule has 0 amide bonds. The Morgan fingerprint density at radius 3 is 2.34 bits per heavy atom. The van der Waals surface area contributed by atoms with Crippen molar-refractivity contribution in [3.8, 4) is 23.8 Å². The summed E-state index contributed by atoms with van der Waals surface area (Å²) in [5.74, 6) is 2.57. The molecule has 2 aromatic rings. The number of carbonyl (C=O) groups is 1. The number of fused-ring (bicyclic) bond motifs is 2. The number of hydrogen-bond donors (Lipinski definition) is 0. The molecule has 0 saturated carbocycles. The number of ether oxygens (including phenoxy) is 2. The minimum Gasteiger partial charge on any atom is -0.492 e. The van der Waals surface area contributed by atoms with Crippen molar-refractivity contribution in [1.29, 1.82) is 0 Å². The number of hydrogen-bond acceptors (Lipinski definition) is 3. The quantitative estimate of drug-likeness (QED) is 0.304. The fourth-order valence-corrected chi connectivity index (χ4v) is 4.74. The van der Waals surface area contributed by atoms with Crippen LogP contribution in [0.5, 0.6) is 11.5 Å². The highest BCUT2D eigenvalue weighted by Crippen LogP contribution is 2.49. The van der Waals surface area contributed by atoms with E-state index in [1.54, 1.807) is 6.07 Å². The molecule has 0 radical (unpaired) electrons. The third kappa shape index (κ3) is 3.12. The predicted octanol–water partition coefficient (Wildman–Crippen LogP) is 5.27. The van der Waals surface area contributed by atoms with Crippen LogP contribution in [0.4, 0.5) is 0 Å². The summed E-state index contributed by atoms with van der Waals surface area (Å²) in [5.41, 5.74) is 5.12. The Kier molecular flexibility index (Phi) is 4.31. The SMILES string of the molecule is C#CC(=O)Oc1ccc2c(c1)C(C)(c1ccc3c(c1)C(C)(C)CCC3(C)C)CO2. The van der Waals surface area contributed by atoms with Crippen LogP contribution >= 0.6 is 0 Å². The van der Waals surface area contributed by atoms with Gasteiger partial charge in [-0.1, -0.05) is 45.9 Å². The minimum atomic E-state index is -0.691. The highest BCUT2D eigenvalue weighted by molar-refractivity contribution is 5.89. The van der Waals surface area contributed by atoms with Gasteiger partial charge in [-0.25, -0.2) is 4.79 Å². The number of benzene rings is 2. The number of carbonyl (C=O) groups excluding carboxylic acids is 1. The van der Waals surface area contributed by atoms with Crippen LogP contribution in [-0.2, 0) is 21.0 Å². The lowest BCUT2D eigenvalue weighted by atomic mass is 9.62. The molecule has 2 aliphatic rings. The molecule has 0 aromatic heterocycles. The summed E-state index contributed by atoms with van der Waals surface area (Å²) in [5, 5.41) is 0. The van der Waals surface area contributed by atoms with E-state index in [0.29, 0.717) is 12.4 Å². The summed E-state index contributed by atoms with van der Waals surface area (Å²) in [7, 11) is 0. The third-order valence-corrected chi connectivity index (χ3v) is 6.88. The van der Waals surface area contributed by atoms with Gasteiger partial charge in [-0.05, 0) is 65.5 Å². The van der Waals surface area contributed by atoms with Gasteiger partial charge >= 0.3 is 5.97 Å². The third-order valence-electron chi connectivity index (χ3n) is 6.88. The average molecular weight is 389 g/mol. The van der Waals surface area contributed by atoms with Crippen molar-refractivity contribution in [3.63, 3.8) is 0 Å². The zero-order chi connectivity index (χ0) is 21.0. The first kappa shape index (κ1) is 19.6. The lowest BCUT2D eigenvalue weighted by molar-refractivity contribution is -0.128. The van der Waals surface area contributed by atoms with E-state index in [4.69, 9.17) is 15.9 Å². The van der Waals surface area contributed by atoms with Gasteiger partial charge in [-0.3, -0.25) is 0 Å². The highest BCUT2D eigenvalue weighted by Gasteiger charge is 2.42. The molecule has 0 bridgehead atoms. The molecule has 1 aliphatic carbocycles. The second-order valence-electron chi connectivity index (χ2n) is 9.84. The van der Waals surface area contributed by atoms with E-state index in [2.05, 4.69) is 52.8 Å². The van der Waals surface area contributed by atoms with Gasteiger partial charge < -0.3 is 9.47 Å². The standard InChI is InChI=1S/C26H28O3/c1-7-23(27)29-18-9-11-22-21(15-18)26(6,16-28-22)17-8-10-19-20(14-17)25(4,5)13-12-24(19,2)3/h1,8-11,14-15H,12-13,16H2,2-6H3. The minimum absolute atomic E-state index is 0.143. The second kappa shape index (κ2) is 6.39. The van der Waals surface area contributed by atoms with Crippen molar-refractivity contribution in [2.24, 2.45) is 0 Å². The van der Waals surface area contributed by atoms with Gasteiger partial charge in [0.05, 0.1) is 5.41 Å². The van der Waals surface area contributed by atoms with Crippen molar-refractivity contribution in [2.75, 3.05) is 6.61 Å². The maximum atomic E-state index is 11.5. The summed E-state index contributed by atoms with van der Waals surface area (Å²) in [6.07, 6.45) is 7.51. The predicted molar refractivity (Wildman–Crippen MR) is 115 cm³/mol. The Morgan fingerprint density at radius 2 is 1.66 bits per heavy atom. The molecular formula is C26H28O3. The molecule has 1 unspecified atom stereocenters. The average Bonchev–Trinajstić information content (AvgIpc) is 3.03. The molecule has 3 nitrogen and oxygen atoms in total. The van der Waals surface area contributed by atoms with E-state index < -0.39 is 5.97 Å². The summed E-state index contributed by atoms with van der Waals surface area (Å²) >= 11 is 0. The van der Waals surface area contributed by atoms with Gasteiger partial charge in [0.15, 0.2) is 0 Å². The molecule has 3 heteroatoms. The number of terminal acetylenes is 1. The summed E-state index contributed by atoms with van der Waals surface area (Å²) < 4.78 is 11.2. The Hall–Kier alpha value is -2.73. The summed E-state index contributed by atoms with van der Waals surface area (Å²) in [6.45, 7) is 12.1. The summed E-state index contributed by atoms with van der Waals surface area (Å²) in [6, 6.07) is 12.4. The highest BCUT2D eigenvalue weighted by atomic mass is 16.5. The van der Waals surface area contributed by atoms with Crippen molar-refractivity contribution >= 4 is 5.97 Å². The lowest BCUT2D eigenvalue weighted by Gasteiger charge is -2.42.